The van der Waals surface area contributed by atoms with Crippen molar-refractivity contribution in [2.24, 2.45) is 0 Å². The van der Waals surface area contributed by atoms with Gasteiger partial charge in [-0.25, -0.2) is 9.78 Å². The lowest BCUT2D eigenvalue weighted by Crippen LogP contribution is -2.05. The van der Waals surface area contributed by atoms with Crippen LogP contribution in [0.1, 0.15) is 16.1 Å². The predicted octanol–water partition coefficient (Wildman–Crippen LogP) is 4.88. The molecule has 3 rings (SSSR count). The first kappa shape index (κ1) is 14.3. The molecule has 0 atom stereocenters. The molecule has 0 radical (unpaired) electrons. The maximum absolute atomic E-state index is 12.0. The third-order valence-electron chi connectivity index (χ3n) is 2.80. The monoisotopic (exact) mass is 335 g/mol. The average Bonchev–Trinajstić information content (AvgIpc) is 3.16. The third-order valence-corrected chi connectivity index (χ3v) is 4.74. The van der Waals surface area contributed by atoms with Gasteiger partial charge in [0, 0.05) is 26.9 Å². The average molecular weight is 336 g/mol. The van der Waals surface area contributed by atoms with Crippen LogP contribution >= 0.6 is 34.3 Å². The highest BCUT2D eigenvalue weighted by Gasteiger charge is 2.14. The van der Waals surface area contributed by atoms with E-state index in [1.807, 2.05) is 35.0 Å². The largest absolute Gasteiger partial charge is 0.456 e. The molecule has 2 heterocycles. The van der Waals surface area contributed by atoms with Gasteiger partial charge in [-0.1, -0.05) is 29.8 Å². The van der Waals surface area contributed by atoms with Crippen molar-refractivity contribution >= 4 is 40.2 Å². The third kappa shape index (κ3) is 3.32. The molecule has 0 aliphatic rings. The Labute approximate surface area is 134 Å². The van der Waals surface area contributed by atoms with Gasteiger partial charge >= 0.3 is 5.97 Å². The molecule has 2 aromatic heterocycles. The van der Waals surface area contributed by atoms with Gasteiger partial charge in [-0.2, -0.15) is 11.3 Å². The Morgan fingerprint density at radius 1 is 1.24 bits per heavy atom. The standard InChI is InChI=1S/C15H10ClNO2S2/c16-12-4-2-1-3-10(12)7-19-15(18)13-9-21-14(17-13)11-5-6-20-8-11/h1-6,8-9H,7H2. The van der Waals surface area contributed by atoms with E-state index in [-0.39, 0.29) is 6.61 Å². The molecule has 0 N–H and O–H groups in total. The van der Waals surface area contributed by atoms with Crippen molar-refractivity contribution in [3.8, 4) is 10.6 Å². The fraction of sp³-hybridized carbons (Fsp3) is 0.0667. The number of thiophene rings is 1. The van der Waals surface area contributed by atoms with Crippen molar-refractivity contribution < 1.29 is 9.53 Å². The Morgan fingerprint density at radius 2 is 2.10 bits per heavy atom. The molecule has 106 valence electrons. The summed E-state index contributed by atoms with van der Waals surface area (Å²) in [6.07, 6.45) is 0. The molecule has 3 nitrogen and oxygen atoms in total. The molecule has 0 bridgehead atoms. The number of rotatable bonds is 4. The molecule has 0 aliphatic heterocycles. The van der Waals surface area contributed by atoms with E-state index in [0.717, 1.165) is 16.1 Å². The van der Waals surface area contributed by atoms with E-state index in [4.69, 9.17) is 16.3 Å². The summed E-state index contributed by atoms with van der Waals surface area (Å²) < 4.78 is 5.25. The van der Waals surface area contributed by atoms with Crippen molar-refractivity contribution in [3.63, 3.8) is 0 Å². The van der Waals surface area contributed by atoms with Crippen LogP contribution in [0.25, 0.3) is 10.6 Å². The number of benzene rings is 1. The van der Waals surface area contributed by atoms with Gasteiger partial charge in [-0.05, 0) is 17.5 Å². The minimum Gasteiger partial charge on any atom is -0.456 e. The van der Waals surface area contributed by atoms with E-state index in [9.17, 15) is 4.79 Å². The molecule has 6 heteroatoms. The van der Waals surface area contributed by atoms with E-state index < -0.39 is 5.97 Å². The summed E-state index contributed by atoms with van der Waals surface area (Å²) in [6.45, 7) is 0.143. The molecule has 3 aromatic rings. The summed E-state index contributed by atoms with van der Waals surface area (Å²) in [5.74, 6) is -0.437. The molecule has 0 amide bonds. The zero-order valence-electron chi connectivity index (χ0n) is 10.8. The summed E-state index contributed by atoms with van der Waals surface area (Å²) in [4.78, 5) is 16.3. The van der Waals surface area contributed by atoms with Crippen LogP contribution in [0.15, 0.2) is 46.5 Å². The molecular formula is C15H10ClNO2S2. The maximum atomic E-state index is 12.0. The Hall–Kier alpha value is -1.69. The predicted molar refractivity (Wildman–Crippen MR) is 86.0 cm³/mol. The topological polar surface area (TPSA) is 39.2 Å². The number of halogens is 1. The zero-order chi connectivity index (χ0) is 14.7. The molecule has 0 aliphatic carbocycles. The second-order valence-electron chi connectivity index (χ2n) is 4.22. The minimum atomic E-state index is -0.437. The Balaban J connectivity index is 1.68. The second-order valence-corrected chi connectivity index (χ2v) is 6.26. The van der Waals surface area contributed by atoms with Gasteiger partial charge in [-0.3, -0.25) is 0 Å². The van der Waals surface area contributed by atoms with Crippen LogP contribution in [0.5, 0.6) is 0 Å². The number of thiazole rings is 1. The number of carbonyl (C=O) groups excluding carboxylic acids is 1. The first-order valence-corrected chi connectivity index (χ1v) is 8.33. The van der Waals surface area contributed by atoms with Crippen molar-refractivity contribution in [1.82, 2.24) is 4.98 Å². The van der Waals surface area contributed by atoms with E-state index in [2.05, 4.69) is 4.98 Å². The van der Waals surface area contributed by atoms with Crippen LogP contribution in [-0.4, -0.2) is 11.0 Å². The van der Waals surface area contributed by atoms with Gasteiger partial charge in [0.25, 0.3) is 0 Å². The molecule has 0 spiro atoms. The summed E-state index contributed by atoms with van der Waals surface area (Å²) >= 11 is 9.05. The van der Waals surface area contributed by atoms with E-state index >= 15 is 0 Å². The van der Waals surface area contributed by atoms with E-state index in [1.165, 1.54) is 11.3 Å². The fourth-order valence-electron chi connectivity index (χ4n) is 1.72. The maximum Gasteiger partial charge on any atom is 0.358 e. The molecule has 0 saturated carbocycles. The van der Waals surface area contributed by atoms with Gasteiger partial charge in [0.05, 0.1) is 0 Å². The number of nitrogens with zero attached hydrogens (tertiary/aromatic N) is 1. The number of aromatic nitrogens is 1. The molecule has 0 unspecified atom stereocenters. The first-order valence-electron chi connectivity index (χ1n) is 6.12. The van der Waals surface area contributed by atoms with Crippen molar-refractivity contribution in [2.45, 2.75) is 6.61 Å². The van der Waals surface area contributed by atoms with Crippen molar-refractivity contribution in [3.05, 3.63) is 62.8 Å². The van der Waals surface area contributed by atoms with Crippen LogP contribution in [0, 0.1) is 0 Å². The molecule has 0 saturated heterocycles. The van der Waals surface area contributed by atoms with Gasteiger partial charge in [0.2, 0.25) is 0 Å². The normalized spacial score (nSPS) is 10.5. The number of ether oxygens (including phenoxy) is 1. The number of carbonyl (C=O) groups is 1. The highest BCUT2D eigenvalue weighted by Crippen LogP contribution is 2.26. The quantitative estimate of drug-likeness (QED) is 0.638. The zero-order valence-corrected chi connectivity index (χ0v) is 13.2. The van der Waals surface area contributed by atoms with Gasteiger partial charge in [0.15, 0.2) is 5.69 Å². The summed E-state index contributed by atoms with van der Waals surface area (Å²) in [5, 5.41) is 7.09. The Bertz CT molecular complexity index is 753. The number of hydrogen-bond donors (Lipinski definition) is 0. The van der Waals surface area contributed by atoms with Crippen LogP contribution < -0.4 is 0 Å². The Morgan fingerprint density at radius 3 is 2.86 bits per heavy atom. The summed E-state index contributed by atoms with van der Waals surface area (Å²) in [7, 11) is 0. The second kappa shape index (κ2) is 6.39. The van der Waals surface area contributed by atoms with E-state index in [1.54, 1.807) is 22.8 Å². The fourth-order valence-corrected chi connectivity index (χ4v) is 3.41. The van der Waals surface area contributed by atoms with Gasteiger partial charge in [0.1, 0.15) is 11.6 Å². The molecule has 0 fully saturated rings. The van der Waals surface area contributed by atoms with Crippen LogP contribution in [-0.2, 0) is 11.3 Å². The van der Waals surface area contributed by atoms with Gasteiger partial charge < -0.3 is 4.74 Å². The number of esters is 1. The molecule has 1 aromatic carbocycles. The van der Waals surface area contributed by atoms with Crippen molar-refractivity contribution in [1.29, 1.82) is 0 Å². The Kier molecular flexibility index (Phi) is 4.34. The lowest BCUT2D eigenvalue weighted by Gasteiger charge is -2.04. The number of hydrogen-bond acceptors (Lipinski definition) is 5. The SMILES string of the molecule is O=C(OCc1ccccc1Cl)c1csc(-c2ccsc2)n1. The van der Waals surface area contributed by atoms with Crippen LogP contribution in [0.2, 0.25) is 5.02 Å². The molecule has 21 heavy (non-hydrogen) atoms. The summed E-state index contributed by atoms with van der Waals surface area (Å²) in [5.41, 5.74) is 2.13. The van der Waals surface area contributed by atoms with Gasteiger partial charge in [-0.15, -0.1) is 11.3 Å². The highest BCUT2D eigenvalue weighted by molar-refractivity contribution is 7.14. The van der Waals surface area contributed by atoms with Crippen LogP contribution in [0.4, 0.5) is 0 Å². The van der Waals surface area contributed by atoms with Crippen molar-refractivity contribution in [2.75, 3.05) is 0 Å². The lowest BCUT2D eigenvalue weighted by molar-refractivity contribution is 0.0467. The minimum absolute atomic E-state index is 0.143. The lowest BCUT2D eigenvalue weighted by atomic mass is 10.2. The summed E-state index contributed by atoms with van der Waals surface area (Å²) in [6, 6.07) is 9.26. The highest BCUT2D eigenvalue weighted by atomic mass is 35.5. The van der Waals surface area contributed by atoms with E-state index in [0.29, 0.717) is 10.7 Å². The molecular weight excluding hydrogens is 326 g/mol. The first-order chi connectivity index (χ1) is 10.2. The van der Waals surface area contributed by atoms with Crippen LogP contribution in [0.3, 0.4) is 0 Å². The smallest absolute Gasteiger partial charge is 0.358 e.